The largest absolute Gasteiger partial charge is 0.481 e. The summed E-state index contributed by atoms with van der Waals surface area (Å²) < 4.78 is 3.96. The first-order valence-corrected chi connectivity index (χ1v) is 13.9. The zero-order valence-corrected chi connectivity index (χ0v) is 23.1. The van der Waals surface area contributed by atoms with E-state index in [2.05, 4.69) is 50.2 Å². The summed E-state index contributed by atoms with van der Waals surface area (Å²) in [6.07, 6.45) is 6.19. The number of hydrogen-bond donors (Lipinski definition) is 1. The summed E-state index contributed by atoms with van der Waals surface area (Å²) in [5.74, 6) is -1.10. The number of thiophene rings is 1. The lowest BCUT2D eigenvalue weighted by Gasteiger charge is -2.33. The molecule has 1 saturated heterocycles. The van der Waals surface area contributed by atoms with Gasteiger partial charge in [-0.1, -0.05) is 11.3 Å². The minimum Gasteiger partial charge on any atom is -0.481 e. The number of hydrogen-bond acceptors (Lipinski definition) is 6. The van der Waals surface area contributed by atoms with Crippen molar-refractivity contribution in [2.24, 2.45) is 5.41 Å². The number of carbonyl (C=O) groups is 1. The highest BCUT2D eigenvalue weighted by atomic mass is 32.1. The minimum atomic E-state index is -0.996. The summed E-state index contributed by atoms with van der Waals surface area (Å²) in [7, 11) is 0. The molecule has 1 aliphatic rings. The Kier molecular flexibility index (Phi) is 6.93. The van der Waals surface area contributed by atoms with Gasteiger partial charge in [0.15, 0.2) is 0 Å². The molecule has 0 bridgehead atoms. The summed E-state index contributed by atoms with van der Waals surface area (Å²) in [6.45, 7) is 13.6. The van der Waals surface area contributed by atoms with Crippen LogP contribution in [0.5, 0.6) is 0 Å². The van der Waals surface area contributed by atoms with Crippen LogP contribution in [0.3, 0.4) is 0 Å². The summed E-state index contributed by atoms with van der Waals surface area (Å²) in [6, 6.07) is 8.75. The molecule has 0 saturated carbocycles. The van der Waals surface area contributed by atoms with Gasteiger partial charge in [0.25, 0.3) is 0 Å². The molecule has 8 nitrogen and oxygen atoms in total. The van der Waals surface area contributed by atoms with Crippen molar-refractivity contribution < 1.29 is 9.90 Å². The average molecular weight is 521 g/mol. The molecule has 0 aliphatic carbocycles. The molecule has 2 atom stereocenters. The van der Waals surface area contributed by atoms with Gasteiger partial charge in [0.2, 0.25) is 0 Å². The molecule has 0 amide bonds. The third-order valence-corrected chi connectivity index (χ3v) is 9.12. The first-order chi connectivity index (χ1) is 17.7. The summed E-state index contributed by atoms with van der Waals surface area (Å²) >= 11 is 1.72. The number of likely N-dealkylation sites (tertiary alicyclic amines) is 1. The lowest BCUT2D eigenvalue weighted by molar-refractivity contribution is -0.147. The van der Waals surface area contributed by atoms with Crippen molar-refractivity contribution in [1.29, 1.82) is 0 Å². The zero-order chi connectivity index (χ0) is 26.3. The molecule has 1 unspecified atom stereocenters. The van der Waals surface area contributed by atoms with Gasteiger partial charge < -0.3 is 5.11 Å². The SMILES string of the molecule is CCn1nnc2c(C)c(C(c3cc(CN4CCC[C@H](n5cccn5)C4)c(C)s3)C(C)(C)C(=O)O)ccc21. The summed E-state index contributed by atoms with van der Waals surface area (Å²) in [5, 5.41) is 23.5. The van der Waals surface area contributed by atoms with Crippen molar-refractivity contribution in [1.82, 2.24) is 29.7 Å². The number of rotatable bonds is 8. The molecule has 1 N–H and O–H groups in total. The van der Waals surface area contributed by atoms with Gasteiger partial charge in [0.05, 0.1) is 17.0 Å². The van der Waals surface area contributed by atoms with Crippen molar-refractivity contribution >= 4 is 28.3 Å². The van der Waals surface area contributed by atoms with Crippen molar-refractivity contribution in [3.05, 3.63) is 63.1 Å². The quantitative estimate of drug-likeness (QED) is 0.334. The zero-order valence-electron chi connectivity index (χ0n) is 22.3. The fraction of sp³-hybridized carbons (Fsp3) is 0.500. The van der Waals surface area contributed by atoms with Gasteiger partial charge in [-0.15, -0.1) is 16.4 Å². The van der Waals surface area contributed by atoms with Gasteiger partial charge in [0.1, 0.15) is 5.52 Å². The van der Waals surface area contributed by atoms with Crippen LogP contribution < -0.4 is 0 Å². The van der Waals surface area contributed by atoms with Gasteiger partial charge >= 0.3 is 5.97 Å². The van der Waals surface area contributed by atoms with E-state index in [1.165, 1.54) is 10.4 Å². The number of aryl methyl sites for hydroxylation is 3. The topological polar surface area (TPSA) is 89.1 Å². The van der Waals surface area contributed by atoms with E-state index in [0.717, 1.165) is 66.1 Å². The Balaban J connectivity index is 1.49. The van der Waals surface area contributed by atoms with Crippen LogP contribution in [0, 0.1) is 19.3 Å². The van der Waals surface area contributed by atoms with Gasteiger partial charge in [-0.25, -0.2) is 4.68 Å². The molecule has 4 heterocycles. The maximum absolute atomic E-state index is 12.5. The standard InChI is InChI=1S/C28H36N6O2S/c1-6-33-23-11-10-22(18(2)26(23)30-31-33)25(28(4,5)27(35)36)24-15-20(19(3)37-24)16-32-13-7-9-21(17-32)34-14-8-12-29-34/h8,10-12,14-15,21,25H,6-7,9,13,16-17H2,1-5H3,(H,35,36)/t21-,25?/m0/s1. The number of carboxylic acids is 1. The highest BCUT2D eigenvalue weighted by Crippen LogP contribution is 2.46. The van der Waals surface area contributed by atoms with Gasteiger partial charge in [-0.2, -0.15) is 5.10 Å². The second-order valence-corrected chi connectivity index (χ2v) is 12.0. The van der Waals surface area contributed by atoms with Crippen molar-refractivity contribution in [2.75, 3.05) is 13.1 Å². The van der Waals surface area contributed by atoms with Crippen LogP contribution in [0.1, 0.15) is 72.0 Å². The molecule has 1 fully saturated rings. The Morgan fingerprint density at radius 2 is 2.11 bits per heavy atom. The predicted octanol–water partition coefficient (Wildman–Crippen LogP) is 5.41. The molecule has 37 heavy (non-hydrogen) atoms. The molecule has 1 aromatic carbocycles. The van der Waals surface area contributed by atoms with Crippen LogP contribution >= 0.6 is 11.3 Å². The first kappa shape index (κ1) is 25.6. The second-order valence-electron chi connectivity index (χ2n) is 10.8. The normalized spacial score (nSPS) is 17.9. The Labute approximate surface area is 221 Å². The maximum Gasteiger partial charge on any atom is 0.310 e. The summed E-state index contributed by atoms with van der Waals surface area (Å²) in [5.41, 5.74) is 4.12. The minimum absolute atomic E-state index is 0.295. The van der Waals surface area contributed by atoms with E-state index in [4.69, 9.17) is 0 Å². The third-order valence-electron chi connectivity index (χ3n) is 7.96. The van der Waals surface area contributed by atoms with Gasteiger partial charge in [0, 0.05) is 47.7 Å². The average Bonchev–Trinajstić information content (AvgIpc) is 3.62. The Morgan fingerprint density at radius 3 is 2.81 bits per heavy atom. The molecule has 0 spiro atoms. The predicted molar refractivity (Wildman–Crippen MR) is 146 cm³/mol. The monoisotopic (exact) mass is 520 g/mol. The Bertz CT molecular complexity index is 1400. The molecule has 0 radical (unpaired) electrons. The van der Waals surface area contributed by atoms with Crippen molar-refractivity contribution in [2.45, 2.75) is 72.5 Å². The smallest absolute Gasteiger partial charge is 0.310 e. The van der Waals surface area contributed by atoms with Crippen LogP contribution in [0.25, 0.3) is 11.0 Å². The van der Waals surface area contributed by atoms with Gasteiger partial charge in [-0.05, 0) is 88.9 Å². The van der Waals surface area contributed by atoms with Crippen LogP contribution in [-0.4, -0.2) is 53.8 Å². The molecule has 9 heteroatoms. The Hall–Kier alpha value is -3.04. The Morgan fingerprint density at radius 1 is 1.30 bits per heavy atom. The van der Waals surface area contributed by atoms with Crippen molar-refractivity contribution in [3.63, 3.8) is 0 Å². The number of fused-ring (bicyclic) bond motifs is 1. The number of aliphatic carboxylic acids is 1. The number of piperidine rings is 1. The lowest BCUT2D eigenvalue weighted by Crippen LogP contribution is -2.36. The molecular weight excluding hydrogens is 484 g/mol. The molecule has 5 rings (SSSR count). The highest BCUT2D eigenvalue weighted by Gasteiger charge is 2.41. The number of aromatic nitrogens is 5. The van der Waals surface area contributed by atoms with E-state index < -0.39 is 11.4 Å². The van der Waals surface area contributed by atoms with E-state index >= 15 is 0 Å². The van der Waals surface area contributed by atoms with E-state index in [1.807, 2.05) is 50.7 Å². The molecule has 1 aliphatic heterocycles. The number of nitrogens with zero attached hydrogens (tertiary/aromatic N) is 6. The fourth-order valence-electron chi connectivity index (χ4n) is 5.72. The van der Waals surface area contributed by atoms with Crippen LogP contribution in [0.15, 0.2) is 36.7 Å². The second kappa shape index (κ2) is 10.0. The van der Waals surface area contributed by atoms with E-state index in [0.29, 0.717) is 6.04 Å². The van der Waals surface area contributed by atoms with Crippen LogP contribution in [0.2, 0.25) is 0 Å². The van der Waals surface area contributed by atoms with E-state index in [-0.39, 0.29) is 5.92 Å². The molecule has 196 valence electrons. The van der Waals surface area contributed by atoms with Crippen molar-refractivity contribution in [3.8, 4) is 0 Å². The van der Waals surface area contributed by atoms with Crippen LogP contribution in [-0.2, 0) is 17.9 Å². The fourth-order valence-corrected chi connectivity index (χ4v) is 7.07. The number of benzene rings is 1. The summed E-state index contributed by atoms with van der Waals surface area (Å²) in [4.78, 5) is 17.4. The van der Waals surface area contributed by atoms with Gasteiger partial charge in [-0.3, -0.25) is 14.4 Å². The molecule has 4 aromatic rings. The number of carboxylic acid groups (broad SMARTS) is 1. The maximum atomic E-state index is 12.5. The molecule has 3 aromatic heterocycles. The van der Waals surface area contributed by atoms with Crippen LogP contribution in [0.4, 0.5) is 0 Å². The lowest BCUT2D eigenvalue weighted by atomic mass is 9.72. The first-order valence-electron chi connectivity index (χ1n) is 13.1. The highest BCUT2D eigenvalue weighted by molar-refractivity contribution is 7.12. The third kappa shape index (κ3) is 4.70. The molecular formula is C28H36N6O2S. The van der Waals surface area contributed by atoms with E-state index in [1.54, 1.807) is 11.3 Å². The van der Waals surface area contributed by atoms with E-state index in [9.17, 15) is 9.90 Å².